The summed E-state index contributed by atoms with van der Waals surface area (Å²) in [6.45, 7) is 1.50. The molecule has 0 aliphatic carbocycles. The molecule has 0 unspecified atom stereocenters. The van der Waals surface area contributed by atoms with Crippen LogP contribution in [0.2, 0.25) is 0 Å². The molecule has 0 radical (unpaired) electrons. The van der Waals surface area contributed by atoms with E-state index < -0.39 is 12.1 Å². The number of rotatable bonds is 1. The van der Waals surface area contributed by atoms with Crippen molar-refractivity contribution in [2.45, 2.75) is 13.1 Å². The summed E-state index contributed by atoms with van der Waals surface area (Å²) in [5.41, 5.74) is 6.03. The molecule has 0 saturated carbocycles. The number of aryl methyl sites for hydroxylation is 1. The molecule has 1 aromatic rings. The summed E-state index contributed by atoms with van der Waals surface area (Å²) in [6, 6.07) is 1.42. The van der Waals surface area contributed by atoms with Crippen molar-refractivity contribution in [1.29, 1.82) is 0 Å². The number of nitrogens with zero attached hydrogens (tertiary/aromatic N) is 1. The first-order valence-corrected chi connectivity index (χ1v) is 3.91. The molecule has 15 heavy (non-hydrogen) atoms. The lowest BCUT2D eigenvalue weighted by atomic mass is 10.2. The van der Waals surface area contributed by atoms with Gasteiger partial charge in [-0.1, -0.05) is 0 Å². The summed E-state index contributed by atoms with van der Waals surface area (Å²) >= 11 is 0. The minimum Gasteiger partial charge on any atom is -0.397 e. The summed E-state index contributed by atoms with van der Waals surface area (Å²) in [4.78, 5) is 14.1. The fourth-order valence-corrected chi connectivity index (χ4v) is 0.906. The Bertz CT molecular complexity index is 389. The average Bonchev–Trinajstić information content (AvgIpc) is 2.08. The van der Waals surface area contributed by atoms with Gasteiger partial charge in [-0.3, -0.25) is 4.79 Å². The fourth-order valence-electron chi connectivity index (χ4n) is 0.906. The van der Waals surface area contributed by atoms with Crippen LogP contribution in [-0.2, 0) is 4.79 Å². The maximum absolute atomic E-state index is 11.9. The van der Waals surface area contributed by atoms with Crippen LogP contribution in [0.25, 0.3) is 0 Å². The molecular weight excluding hydrogens is 211 g/mol. The number of hydrogen-bond donors (Lipinski definition) is 2. The molecule has 1 amide bonds. The van der Waals surface area contributed by atoms with Gasteiger partial charge in [0.25, 0.3) is 0 Å². The Kier molecular flexibility index (Phi) is 2.83. The number of carbonyl (C=O) groups excluding carboxylic acids is 1. The van der Waals surface area contributed by atoms with Crippen LogP contribution in [0, 0.1) is 6.92 Å². The van der Waals surface area contributed by atoms with Gasteiger partial charge in [0.15, 0.2) is 0 Å². The number of hydrogen-bond acceptors (Lipinski definition) is 3. The summed E-state index contributed by atoms with van der Waals surface area (Å²) in [5, 5.41) is 1.65. The maximum atomic E-state index is 11.9. The lowest BCUT2D eigenvalue weighted by Crippen LogP contribution is -2.30. The summed E-state index contributed by atoms with van der Waals surface area (Å²) in [6.07, 6.45) is -3.76. The second kappa shape index (κ2) is 3.76. The third kappa shape index (κ3) is 2.83. The van der Waals surface area contributed by atoms with Crippen molar-refractivity contribution in [2.75, 3.05) is 11.1 Å². The molecule has 4 nitrogen and oxygen atoms in total. The zero-order valence-corrected chi connectivity index (χ0v) is 7.72. The van der Waals surface area contributed by atoms with Crippen molar-refractivity contribution in [3.8, 4) is 0 Å². The predicted molar refractivity (Wildman–Crippen MR) is 48.1 cm³/mol. The molecule has 1 heterocycles. The SMILES string of the molecule is Cc1cc(N)cnc1NC(=O)C(F)(F)F. The Labute approximate surface area is 83.3 Å². The monoisotopic (exact) mass is 219 g/mol. The summed E-state index contributed by atoms with van der Waals surface area (Å²) in [7, 11) is 0. The second-order valence-electron chi connectivity index (χ2n) is 2.89. The molecule has 0 atom stereocenters. The minimum absolute atomic E-state index is 0.147. The molecule has 1 aromatic heterocycles. The highest BCUT2D eigenvalue weighted by atomic mass is 19.4. The predicted octanol–water partition coefficient (Wildman–Crippen LogP) is 1.47. The molecular formula is C8H8F3N3O. The van der Waals surface area contributed by atoms with Crippen LogP contribution in [0.15, 0.2) is 12.3 Å². The zero-order chi connectivity index (χ0) is 11.6. The van der Waals surface area contributed by atoms with E-state index in [0.29, 0.717) is 11.3 Å². The van der Waals surface area contributed by atoms with Gasteiger partial charge in [-0.2, -0.15) is 13.2 Å². The van der Waals surface area contributed by atoms with Crippen molar-refractivity contribution in [3.05, 3.63) is 17.8 Å². The number of nitrogens with one attached hydrogen (secondary N) is 1. The van der Waals surface area contributed by atoms with E-state index in [1.807, 2.05) is 0 Å². The average molecular weight is 219 g/mol. The molecule has 0 bridgehead atoms. The molecule has 0 saturated heterocycles. The zero-order valence-electron chi connectivity index (χ0n) is 7.72. The van der Waals surface area contributed by atoms with Gasteiger partial charge in [0.2, 0.25) is 0 Å². The number of nitrogens with two attached hydrogens (primary N) is 1. The molecule has 82 valence electrons. The Hall–Kier alpha value is -1.79. The highest BCUT2D eigenvalue weighted by Gasteiger charge is 2.39. The molecule has 0 aromatic carbocycles. The van der Waals surface area contributed by atoms with E-state index in [-0.39, 0.29) is 5.82 Å². The molecule has 0 fully saturated rings. The highest BCUT2D eigenvalue weighted by Crippen LogP contribution is 2.19. The molecule has 3 N–H and O–H groups in total. The number of halogens is 3. The normalized spacial score (nSPS) is 11.2. The van der Waals surface area contributed by atoms with E-state index in [2.05, 4.69) is 4.98 Å². The lowest BCUT2D eigenvalue weighted by Gasteiger charge is -2.09. The largest absolute Gasteiger partial charge is 0.471 e. The van der Waals surface area contributed by atoms with Gasteiger partial charge in [0.1, 0.15) is 5.82 Å². The van der Waals surface area contributed by atoms with E-state index >= 15 is 0 Å². The fraction of sp³-hybridized carbons (Fsp3) is 0.250. The van der Waals surface area contributed by atoms with Crippen LogP contribution in [0.1, 0.15) is 5.56 Å². The van der Waals surface area contributed by atoms with Crippen molar-refractivity contribution < 1.29 is 18.0 Å². The first-order chi connectivity index (χ1) is 6.80. The van der Waals surface area contributed by atoms with E-state index in [1.165, 1.54) is 19.2 Å². The van der Waals surface area contributed by atoms with E-state index in [1.54, 1.807) is 5.32 Å². The maximum Gasteiger partial charge on any atom is 0.471 e. The first kappa shape index (κ1) is 11.3. The Morgan fingerprint density at radius 1 is 1.53 bits per heavy atom. The number of alkyl halides is 3. The standard InChI is InChI=1S/C8H8F3N3O/c1-4-2-5(12)3-13-6(4)14-7(15)8(9,10)11/h2-3H,12H2,1H3,(H,13,14,15). The van der Waals surface area contributed by atoms with Gasteiger partial charge >= 0.3 is 12.1 Å². The lowest BCUT2D eigenvalue weighted by molar-refractivity contribution is -0.167. The molecule has 1 rings (SSSR count). The Morgan fingerprint density at radius 2 is 2.13 bits per heavy atom. The van der Waals surface area contributed by atoms with Crippen molar-refractivity contribution in [1.82, 2.24) is 4.98 Å². The van der Waals surface area contributed by atoms with Crippen LogP contribution in [0.5, 0.6) is 0 Å². The smallest absolute Gasteiger partial charge is 0.397 e. The Balaban J connectivity index is 2.87. The second-order valence-corrected chi connectivity index (χ2v) is 2.89. The number of pyridine rings is 1. The van der Waals surface area contributed by atoms with Crippen molar-refractivity contribution >= 4 is 17.4 Å². The van der Waals surface area contributed by atoms with Crippen molar-refractivity contribution in [3.63, 3.8) is 0 Å². The van der Waals surface area contributed by atoms with Crippen LogP contribution in [-0.4, -0.2) is 17.1 Å². The first-order valence-electron chi connectivity index (χ1n) is 3.91. The number of carbonyl (C=O) groups is 1. The summed E-state index contributed by atoms with van der Waals surface area (Å²) < 4.78 is 35.6. The van der Waals surface area contributed by atoms with Gasteiger partial charge in [-0.05, 0) is 18.6 Å². The van der Waals surface area contributed by atoms with Gasteiger partial charge in [0, 0.05) is 0 Å². The van der Waals surface area contributed by atoms with E-state index in [9.17, 15) is 18.0 Å². The third-order valence-corrected chi connectivity index (χ3v) is 1.59. The van der Waals surface area contributed by atoms with Gasteiger partial charge < -0.3 is 11.1 Å². The van der Waals surface area contributed by atoms with Gasteiger partial charge in [0.05, 0.1) is 11.9 Å². The summed E-state index contributed by atoms with van der Waals surface area (Å²) in [5.74, 6) is -2.20. The van der Waals surface area contributed by atoms with E-state index in [0.717, 1.165) is 0 Å². The van der Waals surface area contributed by atoms with Crippen LogP contribution >= 0.6 is 0 Å². The molecule has 0 spiro atoms. The van der Waals surface area contributed by atoms with Crippen LogP contribution in [0.4, 0.5) is 24.7 Å². The van der Waals surface area contributed by atoms with E-state index in [4.69, 9.17) is 5.73 Å². The molecule has 7 heteroatoms. The molecule has 0 aliphatic rings. The number of anilines is 2. The number of aromatic nitrogens is 1. The van der Waals surface area contributed by atoms with Gasteiger partial charge in [-0.15, -0.1) is 0 Å². The minimum atomic E-state index is -4.92. The molecule has 0 aliphatic heterocycles. The van der Waals surface area contributed by atoms with Crippen LogP contribution in [0.3, 0.4) is 0 Å². The number of nitrogen functional groups attached to an aromatic ring is 1. The Morgan fingerprint density at radius 3 is 2.60 bits per heavy atom. The highest BCUT2D eigenvalue weighted by molar-refractivity contribution is 5.94. The van der Waals surface area contributed by atoms with Crippen LogP contribution < -0.4 is 11.1 Å². The number of amides is 1. The quantitative estimate of drug-likeness (QED) is 0.751. The topological polar surface area (TPSA) is 68.0 Å². The van der Waals surface area contributed by atoms with Crippen molar-refractivity contribution in [2.24, 2.45) is 0 Å². The van der Waals surface area contributed by atoms with Gasteiger partial charge in [-0.25, -0.2) is 4.98 Å². The third-order valence-electron chi connectivity index (χ3n) is 1.59.